The van der Waals surface area contributed by atoms with Crippen LogP contribution >= 0.6 is 15.9 Å². The monoisotopic (exact) mass is 244 g/mol. The summed E-state index contributed by atoms with van der Waals surface area (Å²) in [6, 6.07) is 5.77. The molecule has 1 aromatic carbocycles. The lowest BCUT2D eigenvalue weighted by molar-refractivity contribution is 0.195. The molecule has 0 radical (unpaired) electrons. The second-order valence-electron chi connectivity index (χ2n) is 2.99. The van der Waals surface area contributed by atoms with Crippen molar-refractivity contribution >= 4 is 15.9 Å². The minimum absolute atomic E-state index is 0.330. The fourth-order valence-electron chi connectivity index (χ4n) is 1.19. The number of hydrogen-bond acceptors (Lipinski definition) is 2. The second-order valence-corrected chi connectivity index (χ2v) is 3.78. The van der Waals surface area contributed by atoms with Crippen LogP contribution in [0.5, 0.6) is 5.75 Å². The molecular weight excluding hydrogens is 232 g/mol. The molecule has 1 rings (SSSR count). The lowest BCUT2D eigenvalue weighted by Gasteiger charge is -2.09. The maximum Gasteiger partial charge on any atom is 0.133 e. The largest absolute Gasteiger partial charge is 0.496 e. The van der Waals surface area contributed by atoms with Gasteiger partial charge in [-0.25, -0.2) is 0 Å². The van der Waals surface area contributed by atoms with Crippen LogP contribution in [-0.2, 0) is 6.42 Å². The van der Waals surface area contributed by atoms with Gasteiger partial charge in [0.1, 0.15) is 5.75 Å². The third-order valence-corrected chi connectivity index (χ3v) is 2.68. The Hall–Kier alpha value is -0.540. The third kappa shape index (κ3) is 2.71. The molecule has 13 heavy (non-hydrogen) atoms. The smallest absolute Gasteiger partial charge is 0.133 e. The van der Waals surface area contributed by atoms with E-state index < -0.39 is 0 Å². The summed E-state index contributed by atoms with van der Waals surface area (Å²) in [4.78, 5) is 0. The number of ether oxygens (including phenoxy) is 1. The summed E-state index contributed by atoms with van der Waals surface area (Å²) in [5, 5.41) is 9.23. The highest BCUT2D eigenvalue weighted by Crippen LogP contribution is 2.28. The molecule has 0 amide bonds. The van der Waals surface area contributed by atoms with Crippen molar-refractivity contribution in [2.75, 3.05) is 7.11 Å². The van der Waals surface area contributed by atoms with Crippen molar-refractivity contribution in [3.63, 3.8) is 0 Å². The molecule has 72 valence electrons. The first-order valence-corrected chi connectivity index (χ1v) is 4.94. The van der Waals surface area contributed by atoms with Crippen LogP contribution in [0.4, 0.5) is 0 Å². The van der Waals surface area contributed by atoms with E-state index in [1.165, 1.54) is 0 Å². The summed E-state index contributed by atoms with van der Waals surface area (Å²) < 4.78 is 6.07. The van der Waals surface area contributed by atoms with Gasteiger partial charge in [-0.1, -0.05) is 12.1 Å². The quantitative estimate of drug-likeness (QED) is 0.885. The summed E-state index contributed by atoms with van der Waals surface area (Å²) in [5.41, 5.74) is 1.06. The number of rotatable bonds is 3. The van der Waals surface area contributed by atoms with Crippen molar-refractivity contribution in [3.8, 4) is 5.75 Å². The minimum atomic E-state index is -0.330. The fraction of sp³-hybridized carbons (Fsp3) is 0.400. The van der Waals surface area contributed by atoms with Crippen LogP contribution in [0.15, 0.2) is 22.7 Å². The van der Waals surface area contributed by atoms with E-state index >= 15 is 0 Å². The lowest BCUT2D eigenvalue weighted by atomic mass is 10.1. The number of benzene rings is 1. The molecule has 0 saturated heterocycles. The van der Waals surface area contributed by atoms with E-state index in [1.807, 2.05) is 18.2 Å². The zero-order valence-corrected chi connectivity index (χ0v) is 9.34. The van der Waals surface area contributed by atoms with E-state index in [9.17, 15) is 5.11 Å². The average Bonchev–Trinajstić information content (AvgIpc) is 2.08. The number of halogens is 1. The first-order chi connectivity index (χ1) is 6.15. The summed E-state index contributed by atoms with van der Waals surface area (Å²) in [6.07, 6.45) is 0.307. The standard InChI is InChI=1S/C10H13BrO2/c1-7(12)6-8-4-3-5-9(13-2)10(8)11/h3-5,7,12H,6H2,1-2H3. The van der Waals surface area contributed by atoms with Crippen LogP contribution in [0.25, 0.3) is 0 Å². The molecule has 0 bridgehead atoms. The number of aliphatic hydroxyl groups is 1. The van der Waals surface area contributed by atoms with Gasteiger partial charge in [0, 0.05) is 0 Å². The molecule has 1 aromatic rings. The Labute approximate surface area is 86.7 Å². The Morgan fingerprint density at radius 3 is 2.77 bits per heavy atom. The Balaban J connectivity index is 2.94. The third-order valence-electron chi connectivity index (χ3n) is 1.78. The molecule has 0 aliphatic carbocycles. The van der Waals surface area contributed by atoms with E-state index in [0.717, 1.165) is 15.8 Å². The van der Waals surface area contributed by atoms with Crippen LogP contribution in [0.1, 0.15) is 12.5 Å². The SMILES string of the molecule is COc1cccc(CC(C)O)c1Br. The van der Waals surface area contributed by atoms with E-state index in [0.29, 0.717) is 6.42 Å². The predicted molar refractivity (Wildman–Crippen MR) is 56.1 cm³/mol. The van der Waals surface area contributed by atoms with E-state index in [1.54, 1.807) is 14.0 Å². The van der Waals surface area contributed by atoms with Gasteiger partial charge in [-0.3, -0.25) is 0 Å². The van der Waals surface area contributed by atoms with E-state index in [4.69, 9.17) is 4.74 Å². The molecule has 0 fully saturated rings. The van der Waals surface area contributed by atoms with Crippen molar-refractivity contribution in [1.29, 1.82) is 0 Å². The van der Waals surface area contributed by atoms with Crippen molar-refractivity contribution in [2.24, 2.45) is 0 Å². The molecule has 1 unspecified atom stereocenters. The normalized spacial score (nSPS) is 12.6. The van der Waals surface area contributed by atoms with Crippen LogP contribution < -0.4 is 4.74 Å². The molecule has 0 heterocycles. The molecule has 2 nitrogen and oxygen atoms in total. The van der Waals surface area contributed by atoms with Crippen molar-refractivity contribution < 1.29 is 9.84 Å². The highest BCUT2D eigenvalue weighted by Gasteiger charge is 2.07. The first-order valence-electron chi connectivity index (χ1n) is 4.14. The molecule has 0 aliphatic rings. The summed E-state index contributed by atoms with van der Waals surface area (Å²) >= 11 is 3.43. The fourth-order valence-corrected chi connectivity index (χ4v) is 1.78. The summed E-state index contributed by atoms with van der Waals surface area (Å²) in [6.45, 7) is 1.77. The second kappa shape index (κ2) is 4.63. The van der Waals surface area contributed by atoms with Gasteiger partial charge in [0.15, 0.2) is 0 Å². The maximum absolute atomic E-state index is 9.23. The minimum Gasteiger partial charge on any atom is -0.496 e. The summed E-state index contributed by atoms with van der Waals surface area (Å²) in [7, 11) is 1.63. The Bertz CT molecular complexity index is 284. The first kappa shape index (κ1) is 10.5. The van der Waals surface area contributed by atoms with Gasteiger partial charge in [-0.15, -0.1) is 0 Å². The topological polar surface area (TPSA) is 29.5 Å². The van der Waals surface area contributed by atoms with Gasteiger partial charge in [-0.2, -0.15) is 0 Å². The molecule has 0 aliphatic heterocycles. The van der Waals surface area contributed by atoms with Gasteiger partial charge in [0.05, 0.1) is 17.7 Å². The Kier molecular flexibility index (Phi) is 3.75. The number of methoxy groups -OCH3 is 1. The molecular formula is C10H13BrO2. The molecule has 0 aromatic heterocycles. The zero-order chi connectivity index (χ0) is 9.84. The van der Waals surface area contributed by atoms with Crippen LogP contribution in [-0.4, -0.2) is 18.3 Å². The number of hydrogen-bond donors (Lipinski definition) is 1. The van der Waals surface area contributed by atoms with E-state index in [2.05, 4.69) is 15.9 Å². The van der Waals surface area contributed by atoms with E-state index in [-0.39, 0.29) is 6.10 Å². The van der Waals surface area contributed by atoms with Crippen LogP contribution in [0.3, 0.4) is 0 Å². The average molecular weight is 245 g/mol. The van der Waals surface area contributed by atoms with Crippen molar-refractivity contribution in [1.82, 2.24) is 0 Å². The number of aliphatic hydroxyl groups excluding tert-OH is 1. The molecule has 0 spiro atoms. The van der Waals surface area contributed by atoms with Gasteiger partial charge >= 0.3 is 0 Å². The van der Waals surface area contributed by atoms with Crippen molar-refractivity contribution in [3.05, 3.63) is 28.2 Å². The van der Waals surface area contributed by atoms with Gasteiger partial charge in [-0.05, 0) is 40.9 Å². The Morgan fingerprint density at radius 1 is 1.54 bits per heavy atom. The predicted octanol–water partition coefficient (Wildman–Crippen LogP) is 2.38. The molecule has 1 N–H and O–H groups in total. The zero-order valence-electron chi connectivity index (χ0n) is 7.75. The molecule has 0 saturated carbocycles. The van der Waals surface area contributed by atoms with Gasteiger partial charge in [0.25, 0.3) is 0 Å². The molecule has 1 atom stereocenters. The highest BCUT2D eigenvalue weighted by molar-refractivity contribution is 9.10. The Morgan fingerprint density at radius 2 is 2.23 bits per heavy atom. The van der Waals surface area contributed by atoms with Crippen LogP contribution in [0, 0.1) is 0 Å². The lowest BCUT2D eigenvalue weighted by Crippen LogP contribution is -2.05. The summed E-state index contributed by atoms with van der Waals surface area (Å²) in [5.74, 6) is 0.804. The maximum atomic E-state index is 9.23. The van der Waals surface area contributed by atoms with Gasteiger partial charge in [0.2, 0.25) is 0 Å². The molecule has 3 heteroatoms. The van der Waals surface area contributed by atoms with Crippen molar-refractivity contribution in [2.45, 2.75) is 19.4 Å². The highest BCUT2D eigenvalue weighted by atomic mass is 79.9. The van der Waals surface area contributed by atoms with Crippen LogP contribution in [0.2, 0.25) is 0 Å². The van der Waals surface area contributed by atoms with Gasteiger partial charge < -0.3 is 9.84 Å².